The van der Waals surface area contributed by atoms with Gasteiger partial charge in [0.1, 0.15) is 11.8 Å². The minimum atomic E-state index is -0.660. The molecule has 4 saturated heterocycles. The highest BCUT2D eigenvalue weighted by Crippen LogP contribution is 2.35. The Kier molecular flexibility index (Phi) is 20.2. The number of ketones is 1. The number of carbonyl (C=O) groups excluding carboxylic acids is 6. The molecule has 7 atom stereocenters. The Bertz CT molecular complexity index is 2630. The van der Waals surface area contributed by atoms with Gasteiger partial charge in [0.15, 0.2) is 0 Å². The van der Waals surface area contributed by atoms with E-state index in [4.69, 9.17) is 9.47 Å². The van der Waals surface area contributed by atoms with E-state index in [9.17, 15) is 28.8 Å². The number of Topliss-reactive ketones (excluding diaryl/α,β-unsaturated/α-hetero) is 1. The summed E-state index contributed by atoms with van der Waals surface area (Å²) in [6, 6.07) is 30.5. The second-order valence-corrected chi connectivity index (χ2v) is 23.1. The number of benzene rings is 4. The van der Waals surface area contributed by atoms with Crippen LogP contribution in [0.2, 0.25) is 0 Å². The minimum Gasteiger partial charge on any atom is -0.381 e. The summed E-state index contributed by atoms with van der Waals surface area (Å²) in [6.45, 7) is 17.0. The summed E-state index contributed by atoms with van der Waals surface area (Å²) in [5.41, 5.74) is 3.27. The quantitative estimate of drug-likeness (QED) is 0.0820. The fraction of sp³-hybridized carbons (Fsp3) is 0.562. The number of ether oxygens (including phenoxy) is 2. The van der Waals surface area contributed by atoms with Gasteiger partial charge in [0, 0.05) is 101 Å². The monoisotopic (exact) mass is 1050 g/mol. The van der Waals surface area contributed by atoms with E-state index in [1.807, 2.05) is 120 Å². The standard InChI is InChI=1S/C64H85N5O8/c1-7-44(4)60(71)65-59(50-28-36-77-37-29-50)64(75)69-33-23-46(6)57(69)42-67(31-25-48-16-12-9-13-17-48)62(73)54-21-19-51-38-53(20-18-52(51)39-54)61(72)66(30-24-47-14-10-8-11-15-47)41-56-45(5)22-32-68(56)63(74)55(40-58(70)43(2)3)49-26-34-76-35-27-49/h8-21,38-39,43-46,49-50,55-57,59H,7,22-37,40-42H2,1-6H3,(H,65,71)/t44-,45+,46+,55+,56-,57-,59+/m1/s1. The lowest BCUT2D eigenvalue weighted by molar-refractivity contribution is -0.143. The van der Waals surface area contributed by atoms with E-state index in [2.05, 4.69) is 43.4 Å². The van der Waals surface area contributed by atoms with Crippen LogP contribution in [-0.2, 0) is 41.5 Å². The third kappa shape index (κ3) is 14.4. The van der Waals surface area contributed by atoms with E-state index in [0.29, 0.717) is 109 Å². The van der Waals surface area contributed by atoms with Gasteiger partial charge in [-0.15, -0.1) is 0 Å². The van der Waals surface area contributed by atoms with Crippen LogP contribution in [0.1, 0.15) is 125 Å². The molecule has 1 N–H and O–H groups in total. The van der Waals surface area contributed by atoms with E-state index in [1.165, 1.54) is 0 Å². The molecular formula is C64H85N5O8. The Labute approximate surface area is 457 Å². The molecule has 0 aliphatic carbocycles. The SMILES string of the molecule is CC[C@@H](C)C(=O)N[C@H](C(=O)N1CC[C@H](C)[C@H]1CN(CCc1ccccc1)C(=O)c1ccc2cc(C(=O)N(CCc3ccccc3)C[C@@H]3[C@@H](C)CCN3C(=O)[C@@H](CC(=O)C(C)C)C3CCOCC3)ccc2c1)C1CCOCC1. The molecule has 0 unspecified atom stereocenters. The van der Waals surface area contributed by atoms with Gasteiger partial charge in [-0.25, -0.2) is 0 Å². The second kappa shape index (κ2) is 27.1. The number of carbonyl (C=O) groups is 6. The van der Waals surface area contributed by atoms with E-state index in [-0.39, 0.29) is 89.3 Å². The van der Waals surface area contributed by atoms with Crippen molar-refractivity contribution in [3.8, 4) is 0 Å². The molecule has 5 amide bonds. The number of likely N-dealkylation sites (tertiary alicyclic amines) is 2. The van der Waals surface area contributed by atoms with Crippen LogP contribution in [0.15, 0.2) is 97.1 Å². The van der Waals surface area contributed by atoms with Crippen LogP contribution in [0.4, 0.5) is 0 Å². The first kappa shape index (κ1) is 57.3. The topological polar surface area (TPSA) is 146 Å². The van der Waals surface area contributed by atoms with E-state index in [1.54, 1.807) is 0 Å². The summed E-state index contributed by atoms with van der Waals surface area (Å²) < 4.78 is 11.4. The summed E-state index contributed by atoms with van der Waals surface area (Å²) in [6.07, 6.45) is 6.69. The molecule has 414 valence electrons. The summed E-state index contributed by atoms with van der Waals surface area (Å²) in [7, 11) is 0. The molecular weight excluding hydrogens is 967 g/mol. The average Bonchev–Trinajstić information content (AvgIpc) is 4.03. The fourth-order valence-corrected chi connectivity index (χ4v) is 12.1. The van der Waals surface area contributed by atoms with Crippen LogP contribution in [0.3, 0.4) is 0 Å². The molecule has 4 aromatic carbocycles. The number of nitrogens with zero attached hydrogens (tertiary/aromatic N) is 4. The van der Waals surface area contributed by atoms with Crippen LogP contribution in [0.25, 0.3) is 10.8 Å². The Morgan fingerprint density at radius 1 is 0.597 bits per heavy atom. The molecule has 13 heteroatoms. The van der Waals surface area contributed by atoms with Gasteiger partial charge in [-0.2, -0.15) is 0 Å². The highest BCUT2D eigenvalue weighted by atomic mass is 16.5. The first-order chi connectivity index (χ1) is 37.2. The normalized spacial score (nSPS) is 21.4. The third-order valence-corrected chi connectivity index (χ3v) is 17.7. The molecule has 4 fully saturated rings. The number of rotatable bonds is 22. The van der Waals surface area contributed by atoms with Crippen LogP contribution in [0, 0.1) is 41.4 Å². The maximum absolute atomic E-state index is 15.0. The Balaban J connectivity index is 1.03. The zero-order valence-electron chi connectivity index (χ0n) is 46.7. The van der Waals surface area contributed by atoms with Crippen molar-refractivity contribution in [2.24, 2.45) is 41.4 Å². The van der Waals surface area contributed by atoms with Crippen LogP contribution >= 0.6 is 0 Å². The molecule has 0 bridgehead atoms. The maximum Gasteiger partial charge on any atom is 0.253 e. The van der Waals surface area contributed by atoms with Crippen molar-refractivity contribution in [1.29, 1.82) is 0 Å². The minimum absolute atomic E-state index is 0.0238. The van der Waals surface area contributed by atoms with Crippen molar-refractivity contribution in [3.05, 3.63) is 119 Å². The van der Waals surface area contributed by atoms with Gasteiger partial charge >= 0.3 is 0 Å². The number of hydrogen-bond donors (Lipinski definition) is 1. The van der Waals surface area contributed by atoms with Gasteiger partial charge < -0.3 is 34.4 Å². The number of nitrogens with one attached hydrogen (secondary N) is 1. The lowest BCUT2D eigenvalue weighted by Gasteiger charge is -2.37. The smallest absolute Gasteiger partial charge is 0.253 e. The molecule has 4 aliphatic heterocycles. The lowest BCUT2D eigenvalue weighted by atomic mass is 9.80. The summed E-state index contributed by atoms with van der Waals surface area (Å²) in [5.74, 6) is -0.797. The van der Waals surface area contributed by atoms with Crippen molar-refractivity contribution >= 4 is 46.1 Å². The molecule has 13 nitrogen and oxygen atoms in total. The van der Waals surface area contributed by atoms with Gasteiger partial charge in [-0.05, 0) is 128 Å². The van der Waals surface area contributed by atoms with Gasteiger partial charge in [-0.1, -0.05) is 114 Å². The van der Waals surface area contributed by atoms with Gasteiger partial charge in [0.05, 0.1) is 12.1 Å². The molecule has 4 heterocycles. The van der Waals surface area contributed by atoms with Crippen LogP contribution in [0.5, 0.6) is 0 Å². The summed E-state index contributed by atoms with van der Waals surface area (Å²) >= 11 is 0. The zero-order chi connectivity index (χ0) is 54.6. The predicted octanol–water partition coefficient (Wildman–Crippen LogP) is 9.30. The maximum atomic E-state index is 15.0. The number of amides is 5. The van der Waals surface area contributed by atoms with E-state index in [0.717, 1.165) is 47.6 Å². The fourth-order valence-electron chi connectivity index (χ4n) is 12.1. The van der Waals surface area contributed by atoms with Crippen molar-refractivity contribution in [3.63, 3.8) is 0 Å². The van der Waals surface area contributed by atoms with Crippen LogP contribution < -0.4 is 5.32 Å². The van der Waals surface area contributed by atoms with Gasteiger partial charge in [0.2, 0.25) is 17.7 Å². The van der Waals surface area contributed by atoms with Gasteiger partial charge in [0.25, 0.3) is 11.8 Å². The Morgan fingerprint density at radius 2 is 1.05 bits per heavy atom. The van der Waals surface area contributed by atoms with E-state index >= 15 is 0 Å². The summed E-state index contributed by atoms with van der Waals surface area (Å²) in [5, 5.41) is 4.82. The van der Waals surface area contributed by atoms with Crippen molar-refractivity contribution < 1.29 is 38.2 Å². The van der Waals surface area contributed by atoms with E-state index < -0.39 is 12.0 Å². The second-order valence-electron chi connectivity index (χ2n) is 23.1. The highest BCUT2D eigenvalue weighted by Gasteiger charge is 2.44. The predicted molar refractivity (Wildman–Crippen MR) is 301 cm³/mol. The summed E-state index contributed by atoms with van der Waals surface area (Å²) in [4.78, 5) is 93.9. The van der Waals surface area contributed by atoms with Crippen LogP contribution in [-0.4, -0.2) is 139 Å². The van der Waals surface area contributed by atoms with Crippen molar-refractivity contribution in [2.75, 3.05) is 65.7 Å². The number of fused-ring (bicyclic) bond motifs is 1. The molecule has 77 heavy (non-hydrogen) atoms. The molecule has 0 saturated carbocycles. The Hall–Kier alpha value is -5.92. The molecule has 8 rings (SSSR count). The molecule has 4 aromatic rings. The largest absolute Gasteiger partial charge is 0.381 e. The van der Waals surface area contributed by atoms with Crippen molar-refractivity contribution in [1.82, 2.24) is 24.9 Å². The van der Waals surface area contributed by atoms with Crippen molar-refractivity contribution in [2.45, 2.75) is 124 Å². The average molecular weight is 1050 g/mol. The highest BCUT2D eigenvalue weighted by molar-refractivity contribution is 6.02. The molecule has 0 radical (unpaired) electrons. The molecule has 0 aromatic heterocycles. The first-order valence-electron chi connectivity index (χ1n) is 29.0. The molecule has 4 aliphatic rings. The Morgan fingerprint density at radius 3 is 1.51 bits per heavy atom. The van der Waals surface area contributed by atoms with Gasteiger partial charge in [-0.3, -0.25) is 28.8 Å². The zero-order valence-corrected chi connectivity index (χ0v) is 46.7. The first-order valence-corrected chi connectivity index (χ1v) is 29.0. The molecule has 0 spiro atoms. The lowest BCUT2D eigenvalue weighted by Crippen LogP contribution is -2.57. The number of hydrogen-bond acceptors (Lipinski definition) is 8. The third-order valence-electron chi connectivity index (χ3n) is 17.7.